The van der Waals surface area contributed by atoms with E-state index in [2.05, 4.69) is 46.6 Å². The highest BCUT2D eigenvalue weighted by molar-refractivity contribution is 14.0. The van der Waals surface area contributed by atoms with Crippen LogP contribution in [0.3, 0.4) is 0 Å². The van der Waals surface area contributed by atoms with E-state index in [1.807, 2.05) is 28.8 Å². The van der Waals surface area contributed by atoms with E-state index in [-0.39, 0.29) is 29.4 Å². The normalized spacial score (nSPS) is 21.4. The van der Waals surface area contributed by atoms with Crippen molar-refractivity contribution in [1.82, 2.24) is 25.2 Å². The number of hydrogen-bond donors (Lipinski definition) is 2. The van der Waals surface area contributed by atoms with Gasteiger partial charge in [-0.25, -0.2) is 0 Å². The lowest BCUT2D eigenvalue weighted by Gasteiger charge is -2.52. The van der Waals surface area contributed by atoms with Crippen LogP contribution in [0.1, 0.15) is 45.9 Å². The quantitative estimate of drug-likeness (QED) is 0.273. The number of fused-ring (bicyclic) bond motifs is 1. The molecule has 0 radical (unpaired) electrons. The molecule has 0 spiro atoms. The molecule has 0 aliphatic heterocycles. The molecule has 2 N–H and O–H groups in total. The molecule has 1 saturated carbocycles. The molecule has 27 heavy (non-hydrogen) atoms. The number of aromatic nitrogens is 3. The van der Waals surface area contributed by atoms with Gasteiger partial charge in [0.2, 0.25) is 0 Å². The Morgan fingerprint density at radius 1 is 1.37 bits per heavy atom. The summed E-state index contributed by atoms with van der Waals surface area (Å²) in [6.45, 7) is 8.11. The summed E-state index contributed by atoms with van der Waals surface area (Å²) >= 11 is 0. The Balaban J connectivity index is 0.00000261. The first-order valence-corrected chi connectivity index (χ1v) is 9.43. The molecule has 0 saturated heterocycles. The zero-order chi connectivity index (χ0) is 18.6. The van der Waals surface area contributed by atoms with E-state index in [0.29, 0.717) is 18.7 Å². The van der Waals surface area contributed by atoms with Crippen LogP contribution in [0.2, 0.25) is 0 Å². The van der Waals surface area contributed by atoms with E-state index >= 15 is 0 Å². The van der Waals surface area contributed by atoms with Crippen LogP contribution in [0, 0.1) is 5.41 Å². The minimum atomic E-state index is 0. The number of nitrogens with one attached hydrogen (secondary N) is 2. The second kappa shape index (κ2) is 9.68. The maximum Gasteiger partial charge on any atom is 0.191 e. The van der Waals surface area contributed by atoms with Gasteiger partial charge in [0.1, 0.15) is 0 Å². The smallest absolute Gasteiger partial charge is 0.191 e. The van der Waals surface area contributed by atoms with Crippen molar-refractivity contribution in [2.75, 3.05) is 13.7 Å². The third-order valence-electron chi connectivity index (χ3n) is 5.33. The maximum absolute atomic E-state index is 6.02. The van der Waals surface area contributed by atoms with Gasteiger partial charge < -0.3 is 15.4 Å². The van der Waals surface area contributed by atoms with Gasteiger partial charge in [0.15, 0.2) is 17.4 Å². The zero-order valence-corrected chi connectivity index (χ0v) is 18.9. The van der Waals surface area contributed by atoms with Crippen LogP contribution in [0.5, 0.6) is 0 Å². The van der Waals surface area contributed by atoms with Crippen molar-refractivity contribution in [3.63, 3.8) is 0 Å². The molecule has 0 bridgehead atoms. The second-order valence-corrected chi connectivity index (χ2v) is 7.44. The molecule has 2 unspecified atom stereocenters. The standard InChI is InChI=1S/C19H30N6O.HI/c1-5-6-11-26-15-12-14(19(15,2)3)22-18(20-4)21-13-17-24-23-16-9-7-8-10-25(16)17;/h7-10,14-15H,5-6,11-13H2,1-4H3,(H2,20,21,22);1H. The lowest BCUT2D eigenvalue weighted by molar-refractivity contribution is -0.113. The first-order valence-electron chi connectivity index (χ1n) is 9.43. The number of pyridine rings is 1. The van der Waals surface area contributed by atoms with Gasteiger partial charge in [-0.1, -0.05) is 33.3 Å². The predicted octanol–water partition coefficient (Wildman–Crippen LogP) is 3.00. The monoisotopic (exact) mass is 486 g/mol. The summed E-state index contributed by atoms with van der Waals surface area (Å²) in [6.07, 6.45) is 5.58. The maximum atomic E-state index is 6.02. The summed E-state index contributed by atoms with van der Waals surface area (Å²) in [6, 6.07) is 6.22. The van der Waals surface area contributed by atoms with Crippen LogP contribution >= 0.6 is 24.0 Å². The number of unbranched alkanes of at least 4 members (excludes halogenated alkanes) is 1. The number of hydrogen-bond acceptors (Lipinski definition) is 4. The van der Waals surface area contributed by atoms with Crippen molar-refractivity contribution in [1.29, 1.82) is 0 Å². The molecule has 1 aliphatic carbocycles. The van der Waals surface area contributed by atoms with Crippen molar-refractivity contribution in [2.24, 2.45) is 10.4 Å². The molecule has 0 amide bonds. The van der Waals surface area contributed by atoms with E-state index in [1.165, 1.54) is 6.42 Å². The third-order valence-corrected chi connectivity index (χ3v) is 5.33. The predicted molar refractivity (Wildman–Crippen MR) is 119 cm³/mol. The van der Waals surface area contributed by atoms with Crippen molar-refractivity contribution < 1.29 is 4.74 Å². The average Bonchev–Trinajstić information content (AvgIpc) is 3.06. The SMILES string of the molecule is CCCCOC1CC(NC(=NC)NCc2nnc3ccccn23)C1(C)C.I. The summed E-state index contributed by atoms with van der Waals surface area (Å²) in [4.78, 5) is 4.35. The number of halogens is 1. The molecule has 2 aromatic heterocycles. The summed E-state index contributed by atoms with van der Waals surface area (Å²) in [5.74, 6) is 1.64. The molecule has 2 aromatic rings. The molecular formula is C19H31IN6O. The topological polar surface area (TPSA) is 75.8 Å². The minimum absolute atomic E-state index is 0. The van der Waals surface area contributed by atoms with Gasteiger partial charge >= 0.3 is 0 Å². The van der Waals surface area contributed by atoms with Gasteiger partial charge in [-0.2, -0.15) is 0 Å². The fourth-order valence-electron chi connectivity index (χ4n) is 3.32. The van der Waals surface area contributed by atoms with Crippen LogP contribution < -0.4 is 10.6 Å². The summed E-state index contributed by atoms with van der Waals surface area (Å²) < 4.78 is 8.00. The molecule has 150 valence electrons. The largest absolute Gasteiger partial charge is 0.378 e. The number of guanidine groups is 1. The average molecular weight is 486 g/mol. The highest BCUT2D eigenvalue weighted by Gasteiger charge is 2.49. The van der Waals surface area contributed by atoms with Crippen LogP contribution in [0.15, 0.2) is 29.4 Å². The molecular weight excluding hydrogens is 455 g/mol. The number of aliphatic imine (C=N–C) groups is 1. The number of nitrogens with zero attached hydrogens (tertiary/aromatic N) is 4. The van der Waals surface area contributed by atoms with Gasteiger partial charge in [0, 0.05) is 31.3 Å². The van der Waals surface area contributed by atoms with E-state index in [9.17, 15) is 0 Å². The summed E-state index contributed by atoms with van der Waals surface area (Å²) in [5, 5.41) is 15.3. The highest BCUT2D eigenvalue weighted by Crippen LogP contribution is 2.42. The van der Waals surface area contributed by atoms with Crippen LogP contribution in [0.25, 0.3) is 5.65 Å². The number of rotatable bonds is 7. The summed E-state index contributed by atoms with van der Waals surface area (Å²) in [5.41, 5.74) is 0.937. The lowest BCUT2D eigenvalue weighted by atomic mass is 9.64. The van der Waals surface area contributed by atoms with Crippen molar-refractivity contribution in [3.05, 3.63) is 30.2 Å². The van der Waals surface area contributed by atoms with Gasteiger partial charge in [0.05, 0.1) is 12.6 Å². The van der Waals surface area contributed by atoms with Crippen molar-refractivity contribution in [3.8, 4) is 0 Å². The van der Waals surface area contributed by atoms with Gasteiger partial charge in [-0.3, -0.25) is 9.39 Å². The Hall–Kier alpha value is -1.42. The lowest BCUT2D eigenvalue weighted by Crippen LogP contribution is -2.63. The molecule has 2 heterocycles. The van der Waals surface area contributed by atoms with Gasteiger partial charge in [0.25, 0.3) is 0 Å². The number of ether oxygens (including phenoxy) is 1. The van der Waals surface area contributed by atoms with Crippen LogP contribution in [0.4, 0.5) is 0 Å². The fraction of sp³-hybridized carbons (Fsp3) is 0.632. The van der Waals surface area contributed by atoms with E-state index in [0.717, 1.165) is 36.9 Å². The molecule has 2 atom stereocenters. The van der Waals surface area contributed by atoms with Crippen molar-refractivity contribution in [2.45, 2.75) is 58.7 Å². The van der Waals surface area contributed by atoms with Gasteiger partial charge in [-0.05, 0) is 25.0 Å². The third kappa shape index (κ3) is 4.90. The van der Waals surface area contributed by atoms with Crippen LogP contribution in [-0.2, 0) is 11.3 Å². The Labute approximate surface area is 178 Å². The fourth-order valence-corrected chi connectivity index (χ4v) is 3.32. The molecule has 3 rings (SSSR count). The van der Waals surface area contributed by atoms with E-state index in [1.54, 1.807) is 7.05 Å². The first-order chi connectivity index (χ1) is 12.6. The Morgan fingerprint density at radius 3 is 2.89 bits per heavy atom. The molecule has 1 aliphatic rings. The molecule has 1 fully saturated rings. The Bertz CT molecular complexity index is 759. The molecule has 7 nitrogen and oxygen atoms in total. The van der Waals surface area contributed by atoms with E-state index < -0.39 is 0 Å². The second-order valence-electron chi connectivity index (χ2n) is 7.44. The Kier molecular flexibility index (Phi) is 7.84. The van der Waals surface area contributed by atoms with E-state index in [4.69, 9.17) is 4.74 Å². The summed E-state index contributed by atoms with van der Waals surface area (Å²) in [7, 11) is 1.79. The Morgan fingerprint density at radius 2 is 2.19 bits per heavy atom. The highest BCUT2D eigenvalue weighted by atomic mass is 127. The first kappa shape index (κ1) is 21.9. The molecule has 8 heteroatoms. The van der Waals surface area contributed by atoms with Crippen LogP contribution in [-0.4, -0.2) is 46.4 Å². The zero-order valence-electron chi connectivity index (χ0n) is 16.6. The minimum Gasteiger partial charge on any atom is -0.378 e. The molecule has 0 aromatic carbocycles. The van der Waals surface area contributed by atoms with Gasteiger partial charge in [-0.15, -0.1) is 34.2 Å². The van der Waals surface area contributed by atoms with Crippen molar-refractivity contribution >= 4 is 35.6 Å².